The Morgan fingerprint density at radius 2 is 1.32 bits per heavy atom. The minimum atomic E-state index is -1.52. The maximum absolute atomic E-state index is 3.85. The van der Waals surface area contributed by atoms with Crippen molar-refractivity contribution in [1.29, 1.82) is 0 Å². The standard InChI is InChI=1S/C31H60N6Si/c1-7-8-9-10-11-12-13-14-15-16-17-18-29-25-35-23-28(24-37(35)32-29)30-26-34-21-27(22-36(34)33-30)19-20-38(5,6)31(2,3)4/h27-30,32-33H,7-18,21-26H2,1-6H3. The second-order valence-corrected chi connectivity index (χ2v) is 19.4. The van der Waals surface area contributed by atoms with Crippen LogP contribution in [0, 0.1) is 23.3 Å². The monoisotopic (exact) mass is 544 g/mol. The predicted octanol–water partition coefficient (Wildman–Crippen LogP) is 5.81. The number of hydrogen-bond donors (Lipinski definition) is 2. The molecule has 0 aromatic heterocycles. The summed E-state index contributed by atoms with van der Waals surface area (Å²) in [6.45, 7) is 21.0. The lowest BCUT2D eigenvalue weighted by atomic mass is 10.0. The Labute approximate surface area is 236 Å². The third-order valence-electron chi connectivity index (χ3n) is 10.0. The first kappa shape index (κ1) is 30.5. The van der Waals surface area contributed by atoms with Crippen LogP contribution in [0.2, 0.25) is 18.1 Å². The third kappa shape index (κ3) is 8.28. The number of hydrogen-bond acceptors (Lipinski definition) is 6. The molecular weight excluding hydrogens is 484 g/mol. The van der Waals surface area contributed by atoms with Crippen LogP contribution in [0.5, 0.6) is 0 Å². The van der Waals surface area contributed by atoms with Gasteiger partial charge in [-0.2, -0.15) is 10.2 Å². The van der Waals surface area contributed by atoms with Gasteiger partial charge in [0.05, 0.1) is 0 Å². The molecule has 6 nitrogen and oxygen atoms in total. The van der Waals surface area contributed by atoms with E-state index in [2.05, 4.69) is 83.4 Å². The van der Waals surface area contributed by atoms with Crippen LogP contribution < -0.4 is 10.9 Å². The van der Waals surface area contributed by atoms with Crippen LogP contribution in [0.4, 0.5) is 0 Å². The van der Waals surface area contributed by atoms with E-state index in [1.54, 1.807) is 0 Å². The summed E-state index contributed by atoms with van der Waals surface area (Å²) in [5.41, 5.74) is 11.4. The molecule has 38 heavy (non-hydrogen) atoms. The molecule has 0 amide bonds. The zero-order chi connectivity index (χ0) is 27.2. The summed E-state index contributed by atoms with van der Waals surface area (Å²) in [4.78, 5) is 0. The highest BCUT2D eigenvalue weighted by atomic mass is 28.3. The fourth-order valence-electron chi connectivity index (χ4n) is 6.36. The third-order valence-corrected chi connectivity index (χ3v) is 14.6. The van der Waals surface area contributed by atoms with Gasteiger partial charge < -0.3 is 0 Å². The largest absolute Gasteiger partial charge is 0.237 e. The molecule has 0 spiro atoms. The lowest BCUT2D eigenvalue weighted by Gasteiger charge is -2.31. The van der Waals surface area contributed by atoms with Gasteiger partial charge in [0.2, 0.25) is 0 Å². The maximum Gasteiger partial charge on any atom is 0.137 e. The number of fused-ring (bicyclic) bond motifs is 2. The van der Waals surface area contributed by atoms with Crippen LogP contribution in [0.25, 0.3) is 0 Å². The smallest absolute Gasteiger partial charge is 0.137 e. The van der Waals surface area contributed by atoms with Crippen molar-refractivity contribution in [3.8, 4) is 11.5 Å². The van der Waals surface area contributed by atoms with Gasteiger partial charge >= 0.3 is 0 Å². The number of unbranched alkanes of at least 4 members (excludes halogenated alkanes) is 10. The van der Waals surface area contributed by atoms with Gasteiger partial charge in [-0.05, 0) is 11.5 Å². The maximum atomic E-state index is 3.85. The molecular formula is C31H60N6Si. The molecule has 4 saturated heterocycles. The predicted molar refractivity (Wildman–Crippen MR) is 163 cm³/mol. The van der Waals surface area contributed by atoms with Crippen molar-refractivity contribution in [2.45, 2.75) is 135 Å². The summed E-state index contributed by atoms with van der Waals surface area (Å²) in [5.74, 6) is 4.85. The van der Waals surface area contributed by atoms with Crippen LogP contribution in [-0.2, 0) is 0 Å². The van der Waals surface area contributed by atoms with Gasteiger partial charge in [-0.15, -0.1) is 11.5 Å². The van der Waals surface area contributed by atoms with Crippen LogP contribution >= 0.6 is 0 Å². The average Bonchev–Trinajstić information content (AvgIpc) is 3.59. The molecule has 4 rings (SSSR count). The van der Waals surface area contributed by atoms with Crippen molar-refractivity contribution in [2.24, 2.45) is 11.8 Å². The first-order valence-corrected chi connectivity index (χ1v) is 19.3. The first-order chi connectivity index (χ1) is 18.2. The molecule has 0 aromatic carbocycles. The van der Waals surface area contributed by atoms with E-state index in [1.165, 1.54) is 90.1 Å². The van der Waals surface area contributed by atoms with Gasteiger partial charge in [0.1, 0.15) is 8.07 Å². The van der Waals surface area contributed by atoms with E-state index >= 15 is 0 Å². The second-order valence-electron chi connectivity index (χ2n) is 14.4. The Hall–Kier alpha value is -0.463. The van der Waals surface area contributed by atoms with Crippen molar-refractivity contribution in [1.82, 2.24) is 31.1 Å². The molecule has 0 aliphatic carbocycles. The van der Waals surface area contributed by atoms with Crippen molar-refractivity contribution in [2.75, 3.05) is 39.3 Å². The molecule has 7 heteroatoms. The van der Waals surface area contributed by atoms with Crippen molar-refractivity contribution < 1.29 is 0 Å². The van der Waals surface area contributed by atoms with Crippen molar-refractivity contribution in [3.63, 3.8) is 0 Å². The summed E-state index contributed by atoms with van der Waals surface area (Å²) >= 11 is 0. The number of hydrazine groups is 4. The molecule has 4 aliphatic rings. The first-order valence-electron chi connectivity index (χ1n) is 16.3. The van der Waals surface area contributed by atoms with Gasteiger partial charge in [-0.3, -0.25) is 0 Å². The zero-order valence-corrected chi connectivity index (χ0v) is 26.8. The lowest BCUT2D eigenvalue weighted by molar-refractivity contribution is 0.0421. The normalized spacial score (nSPS) is 29.1. The minimum absolute atomic E-state index is 0.337. The Kier molecular flexibility index (Phi) is 11.2. The Morgan fingerprint density at radius 3 is 1.92 bits per heavy atom. The van der Waals surface area contributed by atoms with Gasteiger partial charge in [0, 0.05) is 63.2 Å². The topological polar surface area (TPSA) is 37.0 Å². The van der Waals surface area contributed by atoms with E-state index in [0.717, 1.165) is 26.2 Å². The average molecular weight is 545 g/mol. The van der Waals surface area contributed by atoms with Crippen LogP contribution in [0.1, 0.15) is 105 Å². The molecule has 2 N–H and O–H groups in total. The summed E-state index contributed by atoms with van der Waals surface area (Å²) in [6.07, 6.45) is 17.0. The molecule has 4 aliphatic heterocycles. The van der Waals surface area contributed by atoms with Crippen molar-refractivity contribution in [3.05, 3.63) is 0 Å². The summed E-state index contributed by atoms with van der Waals surface area (Å²) in [5, 5.41) is 10.3. The zero-order valence-electron chi connectivity index (χ0n) is 25.8. The van der Waals surface area contributed by atoms with E-state index < -0.39 is 8.07 Å². The fourth-order valence-corrected chi connectivity index (χ4v) is 7.30. The van der Waals surface area contributed by atoms with E-state index in [-0.39, 0.29) is 0 Å². The minimum Gasteiger partial charge on any atom is -0.237 e. The van der Waals surface area contributed by atoms with Gasteiger partial charge in [-0.1, -0.05) is 111 Å². The van der Waals surface area contributed by atoms with Crippen LogP contribution in [-0.4, -0.2) is 79.7 Å². The molecule has 0 saturated carbocycles. The second kappa shape index (κ2) is 13.9. The highest BCUT2D eigenvalue weighted by molar-refractivity contribution is 6.87. The number of nitrogens with zero attached hydrogens (tertiary/aromatic N) is 4. The lowest BCUT2D eigenvalue weighted by Crippen LogP contribution is -2.44. The molecule has 4 unspecified atom stereocenters. The highest BCUT2D eigenvalue weighted by Crippen LogP contribution is 2.35. The number of rotatable bonds is 13. The van der Waals surface area contributed by atoms with E-state index in [9.17, 15) is 0 Å². The van der Waals surface area contributed by atoms with Gasteiger partial charge in [0.15, 0.2) is 0 Å². The van der Waals surface area contributed by atoms with Crippen LogP contribution in [0.3, 0.4) is 0 Å². The summed E-state index contributed by atoms with van der Waals surface area (Å²) < 4.78 is 0. The summed E-state index contributed by atoms with van der Waals surface area (Å²) in [6, 6.07) is 1.21. The van der Waals surface area contributed by atoms with E-state index in [4.69, 9.17) is 0 Å². The molecule has 0 bridgehead atoms. The fraction of sp³-hybridized carbons (Fsp3) is 0.935. The highest BCUT2D eigenvalue weighted by Gasteiger charge is 2.46. The van der Waals surface area contributed by atoms with E-state index in [0.29, 0.717) is 29.0 Å². The van der Waals surface area contributed by atoms with Crippen molar-refractivity contribution >= 4 is 8.07 Å². The Bertz CT molecular complexity index is 757. The molecule has 0 aromatic rings. The molecule has 4 heterocycles. The Balaban J connectivity index is 1.06. The summed E-state index contributed by atoms with van der Waals surface area (Å²) in [7, 11) is -1.52. The SMILES string of the molecule is CCCCCCCCCCCCCC1CN2CC(C3CN4CC(C#C[Si](C)(C)C(C)(C)C)CN4N3)CN2N1. The molecule has 4 fully saturated rings. The Morgan fingerprint density at radius 1 is 0.711 bits per heavy atom. The van der Waals surface area contributed by atoms with Gasteiger partial charge in [0.25, 0.3) is 0 Å². The number of nitrogens with one attached hydrogen (secondary N) is 2. The molecule has 218 valence electrons. The molecule has 4 atom stereocenters. The molecule has 0 radical (unpaired) electrons. The quantitative estimate of drug-likeness (QED) is 0.173. The van der Waals surface area contributed by atoms with E-state index in [1.807, 2.05) is 0 Å². The van der Waals surface area contributed by atoms with Crippen LogP contribution in [0.15, 0.2) is 0 Å². The van der Waals surface area contributed by atoms with Gasteiger partial charge in [-0.25, -0.2) is 20.9 Å².